The Bertz CT molecular complexity index is 192. The summed E-state index contributed by atoms with van der Waals surface area (Å²) in [6.07, 6.45) is 22.2. The van der Waals surface area contributed by atoms with Crippen LogP contribution in [-0.2, 0) is 0 Å². The Kier molecular flexibility index (Phi) is 18.9. The van der Waals surface area contributed by atoms with Gasteiger partial charge >= 0.3 is 0 Å². The molecule has 0 fully saturated rings. The minimum atomic E-state index is -0.111. The van der Waals surface area contributed by atoms with Gasteiger partial charge in [-0.25, -0.2) is 0 Å². The summed E-state index contributed by atoms with van der Waals surface area (Å²) in [5.41, 5.74) is 0. The lowest BCUT2D eigenvalue weighted by Crippen LogP contribution is -1.98. The highest BCUT2D eigenvalue weighted by atomic mass is 16.3. The molecule has 0 bridgehead atoms. The number of aliphatic hydroxyl groups is 2. The Morgan fingerprint density at radius 2 is 0.773 bits per heavy atom. The van der Waals surface area contributed by atoms with E-state index in [1.165, 1.54) is 96.3 Å². The number of rotatable bonds is 18. The van der Waals surface area contributed by atoms with Crippen LogP contribution in [0.5, 0.6) is 0 Å². The van der Waals surface area contributed by atoms with Crippen LogP contribution in [0.15, 0.2) is 0 Å². The maximum atomic E-state index is 9.17. The van der Waals surface area contributed by atoms with Crippen LogP contribution in [0.4, 0.5) is 0 Å². The second-order valence-electron chi connectivity index (χ2n) is 7.02. The fraction of sp³-hybridized carbons (Fsp3) is 1.00. The average Bonchev–Trinajstić information content (AvgIpc) is 2.50. The summed E-state index contributed by atoms with van der Waals surface area (Å²) >= 11 is 0. The molecule has 2 nitrogen and oxygen atoms in total. The first kappa shape index (κ1) is 21.9. The zero-order chi connectivity index (χ0) is 16.3. The summed E-state index contributed by atoms with van der Waals surface area (Å²) in [5, 5.41) is 17.9. The molecule has 0 radical (unpaired) electrons. The molecule has 0 aliphatic rings. The molecule has 134 valence electrons. The summed E-state index contributed by atoms with van der Waals surface area (Å²) in [6.45, 7) is 2.25. The van der Waals surface area contributed by atoms with E-state index < -0.39 is 0 Å². The lowest BCUT2D eigenvalue weighted by Gasteiger charge is -2.04. The number of unbranched alkanes of at least 4 members (excludes halogenated alkanes) is 15. The maximum absolute atomic E-state index is 9.17. The molecule has 0 saturated heterocycles. The Hall–Kier alpha value is -0.0800. The largest absolute Gasteiger partial charge is 0.396 e. The number of aliphatic hydroxyl groups excluding tert-OH is 2. The molecule has 1 unspecified atom stereocenters. The minimum absolute atomic E-state index is 0.111. The molecule has 0 heterocycles. The van der Waals surface area contributed by atoms with E-state index in [9.17, 15) is 0 Å². The second kappa shape index (κ2) is 19.0. The minimum Gasteiger partial charge on any atom is -0.396 e. The molecule has 0 aromatic heterocycles. The van der Waals surface area contributed by atoms with Crippen molar-refractivity contribution in [3.05, 3.63) is 0 Å². The lowest BCUT2D eigenvalue weighted by molar-refractivity contribution is 0.180. The normalized spacial score (nSPS) is 12.7. The van der Waals surface area contributed by atoms with Crippen molar-refractivity contribution in [3.63, 3.8) is 0 Å². The number of hydrogen-bond acceptors (Lipinski definition) is 2. The van der Waals surface area contributed by atoms with E-state index in [4.69, 9.17) is 10.2 Å². The van der Waals surface area contributed by atoms with Crippen LogP contribution < -0.4 is 0 Å². The van der Waals surface area contributed by atoms with Gasteiger partial charge in [-0.05, 0) is 19.8 Å². The molecule has 0 saturated carbocycles. The summed E-state index contributed by atoms with van der Waals surface area (Å²) in [7, 11) is 0. The van der Waals surface area contributed by atoms with Crippen molar-refractivity contribution in [2.75, 3.05) is 6.61 Å². The third-order valence-electron chi connectivity index (χ3n) is 4.53. The van der Waals surface area contributed by atoms with Crippen LogP contribution in [0.1, 0.15) is 116 Å². The van der Waals surface area contributed by atoms with E-state index in [2.05, 4.69) is 0 Å². The van der Waals surface area contributed by atoms with Gasteiger partial charge in [-0.1, -0.05) is 96.3 Å². The van der Waals surface area contributed by atoms with Crippen molar-refractivity contribution in [1.82, 2.24) is 0 Å². The van der Waals surface area contributed by atoms with Crippen LogP contribution in [0.25, 0.3) is 0 Å². The third-order valence-corrected chi connectivity index (χ3v) is 4.53. The van der Waals surface area contributed by atoms with Gasteiger partial charge < -0.3 is 10.2 Å². The fourth-order valence-corrected chi connectivity index (χ4v) is 3.03. The first-order valence-electron chi connectivity index (χ1n) is 10.1. The average molecular weight is 315 g/mol. The molecule has 0 aromatic carbocycles. The Labute approximate surface area is 139 Å². The second-order valence-corrected chi connectivity index (χ2v) is 7.02. The van der Waals surface area contributed by atoms with Gasteiger partial charge in [-0.2, -0.15) is 0 Å². The van der Waals surface area contributed by atoms with Gasteiger partial charge in [0.2, 0.25) is 0 Å². The van der Waals surface area contributed by atoms with Crippen LogP contribution >= 0.6 is 0 Å². The highest BCUT2D eigenvalue weighted by Crippen LogP contribution is 2.14. The first-order valence-corrected chi connectivity index (χ1v) is 10.1. The highest BCUT2D eigenvalue weighted by molar-refractivity contribution is 4.51. The van der Waals surface area contributed by atoms with Crippen molar-refractivity contribution in [2.45, 2.75) is 122 Å². The summed E-state index contributed by atoms with van der Waals surface area (Å²) < 4.78 is 0. The Morgan fingerprint density at radius 1 is 0.500 bits per heavy atom. The zero-order valence-electron chi connectivity index (χ0n) is 15.2. The van der Waals surface area contributed by atoms with Gasteiger partial charge in [0.05, 0.1) is 6.10 Å². The zero-order valence-corrected chi connectivity index (χ0v) is 15.2. The van der Waals surface area contributed by atoms with Crippen molar-refractivity contribution < 1.29 is 10.2 Å². The van der Waals surface area contributed by atoms with Crippen molar-refractivity contribution in [1.29, 1.82) is 0 Å². The van der Waals surface area contributed by atoms with E-state index in [1.54, 1.807) is 0 Å². The summed E-state index contributed by atoms with van der Waals surface area (Å²) in [6, 6.07) is 0. The molecule has 1 atom stereocenters. The topological polar surface area (TPSA) is 40.5 Å². The molecule has 0 spiro atoms. The van der Waals surface area contributed by atoms with Gasteiger partial charge in [0, 0.05) is 6.61 Å². The highest BCUT2D eigenvalue weighted by Gasteiger charge is 1.96. The standard InChI is InChI=1S/C20H42O2/c1-20(22)18-16-14-12-10-8-6-4-2-3-5-7-9-11-13-15-17-19-21/h20-22H,2-19H2,1H3. The molecule has 0 aromatic rings. The Morgan fingerprint density at radius 3 is 1.05 bits per heavy atom. The molecule has 2 N–H and O–H groups in total. The molecular weight excluding hydrogens is 272 g/mol. The van der Waals surface area contributed by atoms with E-state index in [0.29, 0.717) is 6.61 Å². The fourth-order valence-electron chi connectivity index (χ4n) is 3.03. The van der Waals surface area contributed by atoms with Crippen LogP contribution in [0.3, 0.4) is 0 Å². The molecule has 0 rings (SSSR count). The summed E-state index contributed by atoms with van der Waals surface area (Å²) in [5.74, 6) is 0. The van der Waals surface area contributed by atoms with Gasteiger partial charge in [0.25, 0.3) is 0 Å². The van der Waals surface area contributed by atoms with Crippen LogP contribution in [0, 0.1) is 0 Å². The predicted octanol–water partition coefficient (Wildman–Crippen LogP) is 5.99. The molecular formula is C20H42O2. The van der Waals surface area contributed by atoms with Gasteiger partial charge in [0.1, 0.15) is 0 Å². The van der Waals surface area contributed by atoms with Gasteiger partial charge in [-0.15, -0.1) is 0 Å². The quantitative estimate of drug-likeness (QED) is 0.305. The van der Waals surface area contributed by atoms with Gasteiger partial charge in [-0.3, -0.25) is 0 Å². The molecule has 22 heavy (non-hydrogen) atoms. The van der Waals surface area contributed by atoms with E-state index in [1.807, 2.05) is 6.92 Å². The van der Waals surface area contributed by atoms with Crippen LogP contribution in [-0.4, -0.2) is 22.9 Å². The SMILES string of the molecule is CC(O)CCCCCCCCCCCCCCCCCCO. The monoisotopic (exact) mass is 314 g/mol. The first-order chi connectivity index (χ1) is 10.8. The maximum Gasteiger partial charge on any atom is 0.0512 e. The van der Waals surface area contributed by atoms with E-state index in [-0.39, 0.29) is 6.10 Å². The van der Waals surface area contributed by atoms with Crippen molar-refractivity contribution >= 4 is 0 Å². The Balaban J connectivity index is 2.94. The molecule has 2 heteroatoms. The summed E-state index contributed by atoms with van der Waals surface area (Å²) in [4.78, 5) is 0. The predicted molar refractivity (Wildman–Crippen MR) is 97.3 cm³/mol. The third kappa shape index (κ3) is 19.9. The van der Waals surface area contributed by atoms with E-state index >= 15 is 0 Å². The van der Waals surface area contributed by atoms with Crippen molar-refractivity contribution in [2.24, 2.45) is 0 Å². The molecule has 0 aliphatic heterocycles. The van der Waals surface area contributed by atoms with E-state index in [0.717, 1.165) is 12.8 Å². The van der Waals surface area contributed by atoms with Gasteiger partial charge in [0.15, 0.2) is 0 Å². The smallest absolute Gasteiger partial charge is 0.0512 e. The van der Waals surface area contributed by atoms with Crippen LogP contribution in [0.2, 0.25) is 0 Å². The molecule has 0 aliphatic carbocycles. The van der Waals surface area contributed by atoms with Crippen molar-refractivity contribution in [3.8, 4) is 0 Å². The lowest BCUT2D eigenvalue weighted by atomic mass is 10.0. The molecule has 0 amide bonds. The number of hydrogen-bond donors (Lipinski definition) is 2.